The Morgan fingerprint density at radius 2 is 0.929 bits per heavy atom. The number of nitrogens with zero attached hydrogens (tertiary/aromatic N) is 5. The van der Waals surface area contributed by atoms with Gasteiger partial charge in [0.1, 0.15) is 5.69 Å². The van der Waals surface area contributed by atoms with E-state index in [0.29, 0.717) is 5.69 Å². The number of ketones is 1. The van der Waals surface area contributed by atoms with Crippen molar-refractivity contribution in [3.05, 3.63) is 138 Å². The third-order valence-electron chi connectivity index (χ3n) is 8.93. The Labute approximate surface area is 335 Å². The van der Waals surface area contributed by atoms with Crippen molar-refractivity contribution in [3.8, 4) is 0 Å². The van der Waals surface area contributed by atoms with Gasteiger partial charge in [0.15, 0.2) is 5.78 Å². The number of carbonyl (C=O) groups is 1. The van der Waals surface area contributed by atoms with E-state index in [1.807, 2.05) is 56.3 Å². The first-order valence-corrected chi connectivity index (χ1v) is 21.8. The highest BCUT2D eigenvalue weighted by Crippen LogP contribution is 2.24. The first-order chi connectivity index (χ1) is 26.3. The summed E-state index contributed by atoms with van der Waals surface area (Å²) >= 11 is -0.407. The van der Waals surface area contributed by atoms with Gasteiger partial charge in [-0.25, -0.2) is 4.98 Å². The third kappa shape index (κ3) is 13.6. The van der Waals surface area contributed by atoms with Crippen molar-refractivity contribution < 1.29 is 15.2 Å². The first-order valence-electron chi connectivity index (χ1n) is 19.3. The number of carbonyl (C=O) groups excluding carboxylic acids is 1. The Hall–Kier alpha value is -5.14. The summed E-state index contributed by atoms with van der Waals surface area (Å²) in [6.07, 6.45) is 5.35. The molecule has 4 heterocycles. The lowest BCUT2D eigenvalue weighted by molar-refractivity contribution is -0.384. The summed E-state index contributed by atoms with van der Waals surface area (Å²) < 4.78 is 0. The molecule has 0 radical (unpaired) electrons. The number of aromatic nitrogens is 4. The normalized spacial score (nSPS) is 10.7. The number of benzene rings is 3. The zero-order chi connectivity index (χ0) is 39.9. The van der Waals surface area contributed by atoms with Crippen LogP contribution in [0.4, 0.5) is 5.69 Å². The molecule has 0 bridgehead atoms. The van der Waals surface area contributed by atoms with Crippen LogP contribution in [0.2, 0.25) is 15.8 Å². The van der Waals surface area contributed by atoms with Crippen LogP contribution in [0.5, 0.6) is 0 Å². The van der Waals surface area contributed by atoms with Crippen LogP contribution in [0.25, 0.3) is 43.6 Å². The maximum Gasteiger partial charge on any atom is 0.269 e. The van der Waals surface area contributed by atoms with Crippen molar-refractivity contribution in [1.82, 2.24) is 19.9 Å². The molecule has 56 heavy (non-hydrogen) atoms. The number of nitro benzene ring substituents is 1. The van der Waals surface area contributed by atoms with Gasteiger partial charge >= 0.3 is 0 Å². The second-order valence-corrected chi connectivity index (χ2v) is 18.6. The molecule has 2 N–H and O–H groups in total. The minimum atomic E-state index is -0.417. The second-order valence-electron chi connectivity index (χ2n) is 15.5. The molecule has 9 nitrogen and oxygen atoms in total. The van der Waals surface area contributed by atoms with Gasteiger partial charge in [0.05, 0.1) is 27.0 Å². The molecule has 4 aromatic heterocycles. The fraction of sp³-hybridized carbons (Fsp3) is 0.326. The summed E-state index contributed by atoms with van der Waals surface area (Å²) in [5.41, 5.74) is 4.25. The van der Waals surface area contributed by atoms with E-state index in [1.54, 1.807) is 58.7 Å². The van der Waals surface area contributed by atoms with Gasteiger partial charge in [-0.15, -0.1) is 0 Å². The Morgan fingerprint density at radius 3 is 1.29 bits per heavy atom. The van der Waals surface area contributed by atoms with Gasteiger partial charge in [-0.2, -0.15) is 0 Å². The Balaban J connectivity index is 0.000000206. The minimum absolute atomic E-state index is 0. The number of nitro groups is 1. The molecule has 0 aliphatic rings. The van der Waals surface area contributed by atoms with E-state index in [2.05, 4.69) is 85.7 Å². The topological polar surface area (TPSA) is 143 Å². The highest BCUT2D eigenvalue weighted by atomic mass is 27.2. The maximum absolute atomic E-state index is 12.0. The highest BCUT2D eigenvalue weighted by molar-refractivity contribution is 6.58. The molecule has 0 fully saturated rings. The number of hydrogen-bond donors (Lipinski definition) is 0. The Bertz CT molecular complexity index is 2220. The van der Waals surface area contributed by atoms with E-state index in [1.165, 1.54) is 12.1 Å². The molecule has 0 aliphatic heterocycles. The van der Waals surface area contributed by atoms with Crippen molar-refractivity contribution in [1.29, 1.82) is 0 Å². The Morgan fingerprint density at radius 1 is 0.554 bits per heavy atom. The predicted molar refractivity (Wildman–Crippen MR) is 235 cm³/mol. The SMILES string of the molecule is CC(C)C(=O)c1ccc2ccc3cccnc3c2n1.CC(C)[CH2][Al]([CH2]C(C)C)[CH2]C(C)C.O.O=[N+]([O-])c1ccccc1.c1cnc2c(c1)ccc1cccnc12. The molecule has 3 aromatic carbocycles. The number of para-hydroxylation sites is 1. The summed E-state index contributed by atoms with van der Waals surface area (Å²) in [6, 6.07) is 31.7. The fourth-order valence-corrected chi connectivity index (χ4v) is 11.3. The van der Waals surface area contributed by atoms with Crippen molar-refractivity contribution in [3.63, 3.8) is 0 Å². The van der Waals surface area contributed by atoms with Crippen LogP contribution in [-0.2, 0) is 0 Å². The molecule has 7 aromatic rings. The van der Waals surface area contributed by atoms with Crippen LogP contribution >= 0.6 is 0 Å². The lowest BCUT2D eigenvalue weighted by Gasteiger charge is -2.17. The molecule has 0 atom stereocenters. The molecule has 0 spiro atoms. The zero-order valence-electron chi connectivity index (χ0n) is 34.0. The van der Waals surface area contributed by atoms with Crippen LogP contribution in [0.1, 0.15) is 65.9 Å². The number of fused-ring (bicyclic) bond motifs is 6. The van der Waals surface area contributed by atoms with Gasteiger partial charge in [0, 0.05) is 58.2 Å². The van der Waals surface area contributed by atoms with Crippen LogP contribution in [0, 0.1) is 33.8 Å². The quantitative estimate of drug-likeness (QED) is 0.0467. The average Bonchev–Trinajstić information content (AvgIpc) is 3.17. The number of rotatable bonds is 9. The van der Waals surface area contributed by atoms with E-state index in [0.717, 1.165) is 61.4 Å². The molecule has 0 unspecified atom stereocenters. The van der Waals surface area contributed by atoms with E-state index in [9.17, 15) is 14.9 Å². The molecule has 10 heteroatoms. The van der Waals surface area contributed by atoms with Crippen molar-refractivity contribution in [2.45, 2.75) is 71.2 Å². The molecule has 7 rings (SSSR count). The van der Waals surface area contributed by atoms with E-state index in [-0.39, 0.29) is 22.9 Å². The summed E-state index contributed by atoms with van der Waals surface area (Å²) in [6.45, 7) is 18.0. The fourth-order valence-electron chi connectivity index (χ4n) is 6.67. The first kappa shape index (κ1) is 45.3. The summed E-state index contributed by atoms with van der Waals surface area (Å²) in [4.78, 5) is 39.2. The van der Waals surface area contributed by atoms with Gasteiger partial charge in [-0.05, 0) is 24.3 Å². The van der Waals surface area contributed by atoms with Crippen LogP contribution in [-0.4, -0.2) is 50.3 Å². The van der Waals surface area contributed by atoms with Gasteiger partial charge in [-0.1, -0.05) is 156 Å². The molecule has 0 saturated heterocycles. The smallest absolute Gasteiger partial charge is 0.269 e. The molecule has 292 valence electrons. The van der Waals surface area contributed by atoms with Crippen LogP contribution in [0.3, 0.4) is 0 Å². The van der Waals surface area contributed by atoms with Gasteiger partial charge in [0.2, 0.25) is 0 Å². The lowest BCUT2D eigenvalue weighted by Crippen LogP contribution is -2.19. The lowest BCUT2D eigenvalue weighted by atomic mass is 10.0. The van der Waals surface area contributed by atoms with Crippen LogP contribution < -0.4 is 0 Å². The van der Waals surface area contributed by atoms with Gasteiger partial charge in [0.25, 0.3) is 19.8 Å². The van der Waals surface area contributed by atoms with Gasteiger partial charge in [-0.3, -0.25) is 29.9 Å². The molecular formula is C46H56AlN5O4. The number of Topliss-reactive ketones (excluding diaryl/α,β-unsaturated/α-hetero) is 1. The summed E-state index contributed by atoms with van der Waals surface area (Å²) in [7, 11) is 0. The van der Waals surface area contributed by atoms with E-state index < -0.39 is 19.1 Å². The molecule has 0 amide bonds. The summed E-state index contributed by atoms with van der Waals surface area (Å²) in [5.74, 6) is 2.79. The van der Waals surface area contributed by atoms with Crippen molar-refractivity contribution in [2.24, 2.45) is 23.7 Å². The molecule has 0 saturated carbocycles. The Kier molecular flexibility index (Phi) is 18.1. The third-order valence-corrected chi connectivity index (χ3v) is 13.8. The zero-order valence-corrected chi connectivity index (χ0v) is 35.2. The average molecular weight is 770 g/mol. The van der Waals surface area contributed by atoms with Gasteiger partial charge < -0.3 is 5.48 Å². The maximum atomic E-state index is 12.0. The molecule has 0 aliphatic carbocycles. The van der Waals surface area contributed by atoms with Crippen LogP contribution in [0.15, 0.2) is 122 Å². The minimum Gasteiger partial charge on any atom is -0.412 e. The molecular weight excluding hydrogens is 714 g/mol. The largest absolute Gasteiger partial charge is 0.412 e. The van der Waals surface area contributed by atoms with E-state index in [4.69, 9.17) is 0 Å². The van der Waals surface area contributed by atoms with E-state index >= 15 is 0 Å². The number of hydrogen-bond acceptors (Lipinski definition) is 7. The standard InChI is InChI=1S/C16H14N2O.C12H8N2.C6H5NO2.3C4H9.Al.H2O/c1-10(2)16(19)13-8-7-12-6-5-11-4-3-9-17-14(11)15(12)18-13;1-3-9-5-6-10-4-2-8-14-12(10)11(9)13-7-1;8-7(9)6-4-2-1-3-5-6;3*1-4(2)3;;/h3-10H,1-2H3;1-8H;1-5H;3*4H,1H2,2-3H3;;1H2. The monoisotopic (exact) mass is 769 g/mol. The second kappa shape index (κ2) is 22.4. The predicted octanol–water partition coefficient (Wildman–Crippen LogP) is 11.6. The highest BCUT2D eigenvalue weighted by Gasteiger charge is 2.20. The number of pyridine rings is 4. The van der Waals surface area contributed by atoms with Crippen molar-refractivity contribution in [2.75, 3.05) is 0 Å². The summed E-state index contributed by atoms with van der Waals surface area (Å²) in [5, 5.41) is 19.0. The van der Waals surface area contributed by atoms with Crippen molar-refractivity contribution >= 4 is 69.2 Å². The number of non-ortho nitro benzene ring substituents is 1.